The van der Waals surface area contributed by atoms with Crippen molar-refractivity contribution in [2.45, 2.75) is 38.1 Å². The van der Waals surface area contributed by atoms with Crippen molar-refractivity contribution in [1.29, 1.82) is 0 Å². The SMILES string of the molecule is C=NN1C(=NCC(=C)C2CC2)CCCC1c1ccccc1. The van der Waals surface area contributed by atoms with E-state index in [0.29, 0.717) is 5.92 Å². The fraction of sp³-hybridized carbons (Fsp3) is 0.444. The Morgan fingerprint density at radius 2 is 1.95 bits per heavy atom. The maximum absolute atomic E-state index is 4.78. The third-order valence-electron chi connectivity index (χ3n) is 4.39. The second-order valence-electron chi connectivity index (χ2n) is 5.97. The monoisotopic (exact) mass is 281 g/mol. The van der Waals surface area contributed by atoms with Crippen LogP contribution in [0.25, 0.3) is 0 Å². The maximum atomic E-state index is 4.78. The van der Waals surface area contributed by atoms with E-state index in [0.717, 1.165) is 31.6 Å². The first-order valence-electron chi connectivity index (χ1n) is 7.81. The summed E-state index contributed by atoms with van der Waals surface area (Å²) in [7, 11) is 0. The second-order valence-corrected chi connectivity index (χ2v) is 5.97. The average Bonchev–Trinajstić information content (AvgIpc) is 3.38. The fourth-order valence-electron chi connectivity index (χ4n) is 3.00. The van der Waals surface area contributed by atoms with E-state index in [2.05, 4.69) is 42.7 Å². The van der Waals surface area contributed by atoms with Gasteiger partial charge in [0.25, 0.3) is 0 Å². The summed E-state index contributed by atoms with van der Waals surface area (Å²) in [6.07, 6.45) is 5.83. The number of hydrogen-bond acceptors (Lipinski definition) is 2. The number of amidine groups is 1. The molecule has 1 saturated carbocycles. The van der Waals surface area contributed by atoms with Gasteiger partial charge in [-0.25, -0.2) is 5.01 Å². The molecule has 0 radical (unpaired) electrons. The molecule has 0 aromatic heterocycles. The van der Waals surface area contributed by atoms with E-state index in [-0.39, 0.29) is 6.04 Å². The molecule has 2 fully saturated rings. The van der Waals surface area contributed by atoms with Gasteiger partial charge in [0.2, 0.25) is 0 Å². The van der Waals surface area contributed by atoms with Gasteiger partial charge in [0.05, 0.1) is 12.6 Å². The molecule has 1 aromatic carbocycles. The molecular weight excluding hydrogens is 258 g/mol. The zero-order chi connectivity index (χ0) is 14.7. The van der Waals surface area contributed by atoms with Crippen LogP contribution in [0.1, 0.15) is 43.7 Å². The molecule has 1 saturated heterocycles. The van der Waals surface area contributed by atoms with Gasteiger partial charge < -0.3 is 0 Å². The average molecular weight is 281 g/mol. The molecule has 2 aliphatic rings. The van der Waals surface area contributed by atoms with Crippen molar-refractivity contribution >= 4 is 12.6 Å². The van der Waals surface area contributed by atoms with Gasteiger partial charge in [-0.05, 0) is 37.2 Å². The molecule has 21 heavy (non-hydrogen) atoms. The van der Waals surface area contributed by atoms with Crippen LogP contribution in [0, 0.1) is 5.92 Å². The van der Waals surface area contributed by atoms with Gasteiger partial charge in [-0.15, -0.1) is 0 Å². The zero-order valence-electron chi connectivity index (χ0n) is 12.5. The van der Waals surface area contributed by atoms with Crippen molar-refractivity contribution in [1.82, 2.24) is 5.01 Å². The van der Waals surface area contributed by atoms with Gasteiger partial charge in [-0.3, -0.25) is 4.99 Å². The Kier molecular flexibility index (Phi) is 4.18. The minimum Gasteiger partial charge on any atom is -0.266 e. The van der Waals surface area contributed by atoms with Gasteiger partial charge in [0, 0.05) is 13.1 Å². The number of hydrogen-bond donors (Lipinski definition) is 0. The topological polar surface area (TPSA) is 28.0 Å². The number of nitrogens with zero attached hydrogens (tertiary/aromatic N) is 3. The van der Waals surface area contributed by atoms with Gasteiger partial charge in [0.15, 0.2) is 0 Å². The highest BCUT2D eigenvalue weighted by molar-refractivity contribution is 5.83. The van der Waals surface area contributed by atoms with Crippen LogP contribution >= 0.6 is 0 Å². The highest BCUT2D eigenvalue weighted by atomic mass is 15.5. The molecule has 1 aromatic rings. The summed E-state index contributed by atoms with van der Waals surface area (Å²) in [6, 6.07) is 10.8. The molecule has 3 rings (SSSR count). The van der Waals surface area contributed by atoms with Crippen LogP contribution < -0.4 is 0 Å². The van der Waals surface area contributed by atoms with E-state index in [4.69, 9.17) is 4.99 Å². The first kappa shape index (κ1) is 14.1. The summed E-state index contributed by atoms with van der Waals surface area (Å²) in [4.78, 5) is 4.78. The van der Waals surface area contributed by atoms with Crippen molar-refractivity contribution in [3.05, 3.63) is 48.0 Å². The lowest BCUT2D eigenvalue weighted by atomic mass is 9.96. The molecule has 1 atom stereocenters. The highest BCUT2D eigenvalue weighted by Crippen LogP contribution is 2.36. The lowest BCUT2D eigenvalue weighted by Gasteiger charge is -2.34. The minimum absolute atomic E-state index is 0.269. The van der Waals surface area contributed by atoms with E-state index < -0.39 is 0 Å². The maximum Gasteiger partial charge on any atom is 0.121 e. The Bertz CT molecular complexity index is 543. The Morgan fingerprint density at radius 1 is 1.19 bits per heavy atom. The van der Waals surface area contributed by atoms with E-state index >= 15 is 0 Å². The summed E-state index contributed by atoms with van der Waals surface area (Å²) in [5, 5.41) is 6.26. The molecule has 3 nitrogen and oxygen atoms in total. The molecule has 3 heteroatoms. The molecule has 0 amide bonds. The summed E-state index contributed by atoms with van der Waals surface area (Å²) in [5.41, 5.74) is 2.56. The number of rotatable bonds is 5. The first-order chi connectivity index (χ1) is 10.3. The third-order valence-corrected chi connectivity index (χ3v) is 4.39. The van der Waals surface area contributed by atoms with Gasteiger partial charge in [0.1, 0.15) is 5.84 Å². The van der Waals surface area contributed by atoms with Crippen LogP contribution in [0.2, 0.25) is 0 Å². The molecule has 0 N–H and O–H groups in total. The molecule has 1 heterocycles. The van der Waals surface area contributed by atoms with E-state index in [1.807, 2.05) is 11.1 Å². The van der Waals surface area contributed by atoms with E-state index in [1.54, 1.807) is 0 Å². The molecule has 1 unspecified atom stereocenters. The number of piperidine rings is 1. The minimum atomic E-state index is 0.269. The molecule has 0 bridgehead atoms. The quantitative estimate of drug-likeness (QED) is 0.587. The summed E-state index contributed by atoms with van der Waals surface area (Å²) >= 11 is 0. The van der Waals surface area contributed by atoms with Crippen molar-refractivity contribution in [2.24, 2.45) is 16.0 Å². The predicted molar refractivity (Wildman–Crippen MR) is 88.6 cm³/mol. The molecule has 1 aliphatic heterocycles. The Balaban J connectivity index is 1.75. The van der Waals surface area contributed by atoms with Crippen LogP contribution in [0.3, 0.4) is 0 Å². The first-order valence-corrected chi connectivity index (χ1v) is 7.81. The Morgan fingerprint density at radius 3 is 2.62 bits per heavy atom. The van der Waals surface area contributed by atoms with Crippen LogP contribution in [0.4, 0.5) is 0 Å². The smallest absolute Gasteiger partial charge is 0.121 e. The third kappa shape index (κ3) is 3.23. The number of benzene rings is 1. The highest BCUT2D eigenvalue weighted by Gasteiger charge is 2.28. The van der Waals surface area contributed by atoms with Gasteiger partial charge >= 0.3 is 0 Å². The Hall–Kier alpha value is -1.90. The molecular formula is C18H23N3. The number of aliphatic imine (C=N–C) groups is 1. The van der Waals surface area contributed by atoms with Crippen molar-refractivity contribution < 1.29 is 0 Å². The van der Waals surface area contributed by atoms with Gasteiger partial charge in [-0.1, -0.05) is 42.5 Å². The summed E-state index contributed by atoms with van der Waals surface area (Å²) < 4.78 is 0. The van der Waals surface area contributed by atoms with Crippen molar-refractivity contribution in [3.8, 4) is 0 Å². The van der Waals surface area contributed by atoms with Gasteiger partial charge in [-0.2, -0.15) is 5.10 Å². The van der Waals surface area contributed by atoms with E-state index in [9.17, 15) is 0 Å². The lowest BCUT2D eigenvalue weighted by molar-refractivity contribution is 0.279. The predicted octanol–water partition coefficient (Wildman–Crippen LogP) is 4.19. The van der Waals surface area contributed by atoms with Crippen LogP contribution in [0.5, 0.6) is 0 Å². The van der Waals surface area contributed by atoms with Crippen LogP contribution in [0.15, 0.2) is 52.6 Å². The second kappa shape index (κ2) is 6.25. The molecule has 1 aliphatic carbocycles. The molecule has 0 spiro atoms. The molecule has 110 valence electrons. The Labute approximate surface area is 127 Å². The number of hydrazone groups is 1. The summed E-state index contributed by atoms with van der Waals surface area (Å²) in [6.45, 7) is 8.66. The van der Waals surface area contributed by atoms with Crippen LogP contribution in [-0.2, 0) is 0 Å². The van der Waals surface area contributed by atoms with Crippen LogP contribution in [-0.4, -0.2) is 24.1 Å². The van der Waals surface area contributed by atoms with E-state index in [1.165, 1.54) is 24.0 Å². The fourth-order valence-corrected chi connectivity index (χ4v) is 3.00. The largest absolute Gasteiger partial charge is 0.266 e. The summed E-state index contributed by atoms with van der Waals surface area (Å²) in [5.74, 6) is 1.78. The normalized spacial score (nSPS) is 24.1. The standard InChI is InChI=1S/C18H23N3/c1-14(15-11-12-15)13-20-18-10-6-9-17(21(18)19-2)16-7-4-3-5-8-16/h3-5,7-8,15,17H,1-2,6,9-13H2. The van der Waals surface area contributed by atoms with Crippen molar-refractivity contribution in [2.75, 3.05) is 6.54 Å². The van der Waals surface area contributed by atoms with Crippen molar-refractivity contribution in [3.63, 3.8) is 0 Å². The lowest BCUT2D eigenvalue weighted by Crippen LogP contribution is -2.34. The zero-order valence-corrected chi connectivity index (χ0v) is 12.5.